The summed E-state index contributed by atoms with van der Waals surface area (Å²) >= 11 is 3.47. The molecule has 25 heavy (non-hydrogen) atoms. The fraction of sp³-hybridized carbons (Fsp3) is 0.400. The highest BCUT2D eigenvalue weighted by Gasteiger charge is 2.29. The summed E-state index contributed by atoms with van der Waals surface area (Å²) in [6.07, 6.45) is 5.41. The van der Waals surface area contributed by atoms with E-state index in [-0.39, 0.29) is 17.7 Å². The second-order valence-electron chi connectivity index (χ2n) is 6.43. The lowest BCUT2D eigenvalue weighted by molar-refractivity contribution is -0.119. The molecule has 0 aromatic heterocycles. The van der Waals surface area contributed by atoms with E-state index in [2.05, 4.69) is 40.1 Å². The van der Waals surface area contributed by atoms with Gasteiger partial charge in [-0.05, 0) is 65.4 Å². The lowest BCUT2D eigenvalue weighted by Gasteiger charge is -2.16. The van der Waals surface area contributed by atoms with Crippen LogP contribution in [0.2, 0.25) is 0 Å². The first-order valence-corrected chi connectivity index (χ1v) is 9.36. The average Bonchev–Trinajstić information content (AvgIpc) is 2.99. The van der Waals surface area contributed by atoms with Crippen LogP contribution >= 0.6 is 15.9 Å². The molecule has 1 aromatic rings. The third kappa shape index (κ3) is 4.40. The number of aryl methyl sites for hydroxylation is 1. The smallest absolute Gasteiger partial charge is 0.253 e. The Kier molecular flexibility index (Phi) is 6.59. The summed E-state index contributed by atoms with van der Waals surface area (Å²) < 4.78 is 0.711. The lowest BCUT2D eigenvalue weighted by Crippen LogP contribution is -2.25. The highest BCUT2D eigenvalue weighted by molar-refractivity contribution is 9.10. The number of allylic oxidation sites excluding steroid dienone is 3. The van der Waals surface area contributed by atoms with Crippen molar-refractivity contribution in [2.24, 2.45) is 5.92 Å². The average molecular weight is 405 g/mol. The van der Waals surface area contributed by atoms with Crippen LogP contribution in [0.3, 0.4) is 0 Å². The Morgan fingerprint density at radius 3 is 2.68 bits per heavy atom. The molecule has 134 valence electrons. The molecule has 0 aliphatic heterocycles. The van der Waals surface area contributed by atoms with Gasteiger partial charge in [0.05, 0.1) is 11.3 Å². The topological polar surface area (TPSA) is 58.2 Å². The molecule has 1 aromatic carbocycles. The summed E-state index contributed by atoms with van der Waals surface area (Å²) in [4.78, 5) is 25.0. The monoisotopic (exact) mass is 404 g/mol. The number of carbonyl (C=O) groups is 2. The van der Waals surface area contributed by atoms with Crippen molar-refractivity contribution in [3.63, 3.8) is 0 Å². The molecule has 0 heterocycles. The van der Waals surface area contributed by atoms with E-state index in [1.54, 1.807) is 13.1 Å². The van der Waals surface area contributed by atoms with Gasteiger partial charge in [-0.15, -0.1) is 0 Å². The van der Waals surface area contributed by atoms with Crippen molar-refractivity contribution in [2.45, 2.75) is 39.5 Å². The minimum Gasteiger partial charge on any atom is -0.355 e. The summed E-state index contributed by atoms with van der Waals surface area (Å²) in [5.74, 6) is -0.386. The van der Waals surface area contributed by atoms with E-state index in [1.165, 1.54) is 11.1 Å². The van der Waals surface area contributed by atoms with E-state index in [1.807, 2.05) is 19.1 Å². The maximum Gasteiger partial charge on any atom is 0.253 e. The zero-order valence-corrected chi connectivity index (χ0v) is 16.6. The van der Waals surface area contributed by atoms with Gasteiger partial charge in [0.25, 0.3) is 5.91 Å². The van der Waals surface area contributed by atoms with E-state index in [9.17, 15) is 9.59 Å². The normalized spacial score (nSPS) is 16.7. The Morgan fingerprint density at radius 1 is 1.36 bits per heavy atom. The number of hydrogen-bond donors (Lipinski definition) is 2. The summed E-state index contributed by atoms with van der Waals surface area (Å²) in [7, 11) is 1.58. The van der Waals surface area contributed by atoms with Gasteiger partial charge in [0.15, 0.2) is 0 Å². The fourth-order valence-corrected chi connectivity index (χ4v) is 3.97. The van der Waals surface area contributed by atoms with Gasteiger partial charge in [-0.2, -0.15) is 0 Å². The van der Waals surface area contributed by atoms with Gasteiger partial charge in [-0.25, -0.2) is 0 Å². The number of benzene rings is 1. The SMILES string of the molecule is C=CC1=C(CCC)CC(C(=O)Nc2c(Br)cc(C)cc2C(=O)NC)C1. The van der Waals surface area contributed by atoms with Crippen LogP contribution in [-0.4, -0.2) is 18.9 Å². The number of carbonyl (C=O) groups excluding carboxylic acids is 2. The molecule has 2 amide bonds. The first-order valence-electron chi connectivity index (χ1n) is 8.57. The standard InChI is InChI=1S/C20H25BrN2O2/c1-5-7-14-11-15(10-13(14)6-2)19(24)23-18-16(20(25)22-4)8-12(3)9-17(18)21/h6,8-9,15H,2,5,7,10-11H2,1,3-4H3,(H,22,25)(H,23,24). The predicted molar refractivity (Wildman–Crippen MR) is 106 cm³/mol. The number of hydrogen-bond acceptors (Lipinski definition) is 2. The molecule has 1 atom stereocenters. The molecule has 0 spiro atoms. The van der Waals surface area contributed by atoms with E-state index in [4.69, 9.17) is 0 Å². The lowest BCUT2D eigenvalue weighted by atomic mass is 10.0. The van der Waals surface area contributed by atoms with Gasteiger partial charge >= 0.3 is 0 Å². The second-order valence-corrected chi connectivity index (χ2v) is 7.28. The Balaban J connectivity index is 2.22. The Labute approximate surface area is 157 Å². The largest absolute Gasteiger partial charge is 0.355 e. The third-order valence-corrected chi connectivity index (χ3v) is 5.16. The first kappa shape index (κ1) is 19.4. The molecule has 0 saturated heterocycles. The van der Waals surface area contributed by atoms with Crippen LogP contribution in [0.15, 0.2) is 40.4 Å². The van der Waals surface area contributed by atoms with Gasteiger partial charge in [0, 0.05) is 17.4 Å². The molecule has 0 radical (unpaired) electrons. The number of halogens is 1. The van der Waals surface area contributed by atoms with Crippen molar-refractivity contribution in [1.82, 2.24) is 5.32 Å². The van der Waals surface area contributed by atoms with E-state index >= 15 is 0 Å². The van der Waals surface area contributed by atoms with Crippen molar-refractivity contribution >= 4 is 33.4 Å². The summed E-state index contributed by atoms with van der Waals surface area (Å²) in [6.45, 7) is 7.93. The van der Waals surface area contributed by atoms with Crippen LogP contribution < -0.4 is 10.6 Å². The molecule has 0 saturated carbocycles. The Bertz CT molecular complexity index is 737. The second kappa shape index (κ2) is 8.48. The minimum absolute atomic E-state index is 0.0554. The van der Waals surface area contributed by atoms with Crippen molar-refractivity contribution in [3.05, 3.63) is 51.5 Å². The number of rotatable bonds is 6. The Morgan fingerprint density at radius 2 is 2.08 bits per heavy atom. The first-order chi connectivity index (χ1) is 11.9. The molecular weight excluding hydrogens is 380 g/mol. The molecule has 5 heteroatoms. The molecule has 1 aliphatic carbocycles. The fourth-order valence-electron chi connectivity index (χ4n) is 3.30. The molecule has 1 aliphatic rings. The maximum atomic E-state index is 12.8. The van der Waals surface area contributed by atoms with Crippen LogP contribution in [0.4, 0.5) is 5.69 Å². The minimum atomic E-state index is -0.220. The molecule has 2 N–H and O–H groups in total. The van der Waals surface area contributed by atoms with Crippen molar-refractivity contribution in [2.75, 3.05) is 12.4 Å². The van der Waals surface area contributed by atoms with Gasteiger partial charge in [-0.3, -0.25) is 9.59 Å². The number of nitrogens with one attached hydrogen (secondary N) is 2. The van der Waals surface area contributed by atoms with Crippen molar-refractivity contribution in [1.29, 1.82) is 0 Å². The predicted octanol–water partition coefficient (Wildman–Crippen LogP) is 4.75. The zero-order chi connectivity index (χ0) is 18.6. The van der Waals surface area contributed by atoms with Crippen LogP contribution in [-0.2, 0) is 4.79 Å². The van der Waals surface area contributed by atoms with Crippen LogP contribution in [0.25, 0.3) is 0 Å². The molecular formula is C20H25BrN2O2. The van der Waals surface area contributed by atoms with Gasteiger partial charge in [-0.1, -0.05) is 31.6 Å². The van der Waals surface area contributed by atoms with Gasteiger partial charge in [0.1, 0.15) is 0 Å². The summed E-state index contributed by atoms with van der Waals surface area (Å²) in [5.41, 5.74) is 4.46. The maximum absolute atomic E-state index is 12.8. The van der Waals surface area contributed by atoms with Crippen LogP contribution in [0.1, 0.15) is 48.5 Å². The molecule has 2 rings (SSSR count). The van der Waals surface area contributed by atoms with Crippen LogP contribution in [0.5, 0.6) is 0 Å². The molecule has 0 fully saturated rings. The van der Waals surface area contributed by atoms with E-state index in [0.29, 0.717) is 22.1 Å². The number of amides is 2. The van der Waals surface area contributed by atoms with Crippen molar-refractivity contribution in [3.8, 4) is 0 Å². The van der Waals surface area contributed by atoms with E-state index in [0.717, 1.165) is 24.8 Å². The summed E-state index contributed by atoms with van der Waals surface area (Å²) in [5, 5.41) is 5.59. The molecule has 4 nitrogen and oxygen atoms in total. The van der Waals surface area contributed by atoms with Crippen molar-refractivity contribution < 1.29 is 9.59 Å². The highest BCUT2D eigenvalue weighted by atomic mass is 79.9. The molecule has 1 unspecified atom stereocenters. The quantitative estimate of drug-likeness (QED) is 0.718. The number of anilines is 1. The third-order valence-electron chi connectivity index (χ3n) is 4.54. The van der Waals surface area contributed by atoms with E-state index < -0.39 is 0 Å². The summed E-state index contributed by atoms with van der Waals surface area (Å²) in [6, 6.07) is 3.68. The van der Waals surface area contributed by atoms with Gasteiger partial charge < -0.3 is 10.6 Å². The zero-order valence-electron chi connectivity index (χ0n) is 15.0. The van der Waals surface area contributed by atoms with Crippen LogP contribution in [0, 0.1) is 12.8 Å². The molecule has 0 bridgehead atoms. The van der Waals surface area contributed by atoms with Gasteiger partial charge in [0.2, 0.25) is 5.91 Å². The Hall–Kier alpha value is -1.88. The highest BCUT2D eigenvalue weighted by Crippen LogP contribution is 2.36.